The first kappa shape index (κ1) is 5.82. The van der Waals surface area contributed by atoms with E-state index in [1.54, 1.807) is 0 Å². The van der Waals surface area contributed by atoms with Crippen LogP contribution in [0.5, 0.6) is 0 Å². The minimum Gasteiger partial charge on any atom is -0.323 e. The van der Waals surface area contributed by atoms with Gasteiger partial charge in [-0.3, -0.25) is 0 Å². The summed E-state index contributed by atoms with van der Waals surface area (Å²) >= 11 is 0. The van der Waals surface area contributed by atoms with Crippen LogP contribution in [0.15, 0.2) is 0 Å². The van der Waals surface area contributed by atoms with E-state index < -0.39 is 12.5 Å². The third-order valence-electron chi connectivity index (χ3n) is 0.397. The van der Waals surface area contributed by atoms with Crippen molar-refractivity contribution in [2.24, 2.45) is 5.73 Å². The Kier molecular flexibility index (Phi) is 2.01. The van der Waals surface area contributed by atoms with Gasteiger partial charge in [-0.15, -0.1) is 0 Å². The van der Waals surface area contributed by atoms with Gasteiger partial charge in [-0.2, -0.15) is 0 Å². The summed E-state index contributed by atoms with van der Waals surface area (Å²) < 4.78 is 22.1. The molecule has 0 unspecified atom stereocenters. The zero-order valence-electron chi connectivity index (χ0n) is 3.49. The second kappa shape index (κ2) is 2.08. The van der Waals surface area contributed by atoms with Crippen molar-refractivity contribution in [1.29, 1.82) is 0 Å². The molecule has 38 valence electrons. The van der Waals surface area contributed by atoms with Crippen molar-refractivity contribution in [3.05, 3.63) is 0 Å². The van der Waals surface area contributed by atoms with Crippen LogP contribution in [0.25, 0.3) is 0 Å². The molecule has 0 saturated carbocycles. The maximum Gasteiger partial charge on any atom is 0.253 e. The predicted octanol–water partition coefficient (Wildman–Crippen LogP) is 0.599. The molecule has 0 aliphatic rings. The first-order chi connectivity index (χ1) is 2.64. The maximum atomic E-state index is 11.0. The van der Waals surface area contributed by atoms with Gasteiger partial charge in [0.15, 0.2) is 0 Å². The Bertz CT molecular complexity index is 29.8. The second-order valence-electron chi connectivity index (χ2n) is 1.19. The molecule has 0 bridgehead atoms. The van der Waals surface area contributed by atoms with Crippen molar-refractivity contribution in [1.82, 2.24) is 0 Å². The van der Waals surface area contributed by atoms with Gasteiger partial charge >= 0.3 is 0 Å². The van der Waals surface area contributed by atoms with E-state index in [1.807, 2.05) is 0 Å². The molecule has 0 aliphatic carbocycles. The Balaban J connectivity index is 2.99. The molecular formula is C3H7F2N. The number of alkyl halides is 2. The van der Waals surface area contributed by atoms with Crippen LogP contribution in [0, 0.1) is 0 Å². The molecule has 0 aromatic rings. The number of hydrogen-bond acceptors (Lipinski definition) is 1. The summed E-state index contributed by atoms with van der Waals surface area (Å²) in [7, 11) is 0. The lowest BCUT2D eigenvalue weighted by Crippen LogP contribution is -2.23. The first-order valence-electron chi connectivity index (χ1n) is 1.68. The molecule has 0 aromatic heterocycles. The van der Waals surface area contributed by atoms with Crippen LogP contribution in [0.3, 0.4) is 0 Å². The largest absolute Gasteiger partial charge is 0.323 e. The van der Waals surface area contributed by atoms with E-state index in [-0.39, 0.29) is 0 Å². The monoisotopic (exact) mass is 95.1 g/mol. The Morgan fingerprint density at radius 2 is 1.67 bits per heavy atom. The number of rotatable bonds is 1. The van der Waals surface area contributed by atoms with Crippen molar-refractivity contribution >= 4 is 0 Å². The molecule has 0 aliphatic heterocycles. The molecule has 3 heteroatoms. The van der Waals surface area contributed by atoms with Gasteiger partial charge in [0, 0.05) is 0 Å². The van der Waals surface area contributed by atoms with Gasteiger partial charge in [-0.1, -0.05) is 0 Å². The molecule has 0 spiro atoms. The molecule has 0 rings (SSSR count). The molecule has 0 amide bonds. The van der Waals surface area contributed by atoms with Crippen LogP contribution in [0.4, 0.5) is 8.78 Å². The van der Waals surface area contributed by atoms with Crippen molar-refractivity contribution < 1.29 is 8.78 Å². The Morgan fingerprint density at radius 3 is 1.67 bits per heavy atom. The van der Waals surface area contributed by atoms with Crippen LogP contribution in [0.1, 0.15) is 6.92 Å². The lowest BCUT2D eigenvalue weighted by molar-refractivity contribution is 0.123. The summed E-state index contributed by atoms with van der Waals surface area (Å²) in [5, 5.41) is 0. The van der Waals surface area contributed by atoms with Crippen LogP contribution < -0.4 is 5.73 Å². The predicted molar refractivity (Wildman–Crippen MR) is 19.7 cm³/mol. The van der Waals surface area contributed by atoms with E-state index in [0.717, 1.165) is 0 Å². The SMILES string of the molecule is C[C@H](N)C(F)F. The smallest absolute Gasteiger partial charge is 0.253 e. The van der Waals surface area contributed by atoms with Crippen LogP contribution >= 0.6 is 0 Å². The average molecular weight is 95.1 g/mol. The molecular weight excluding hydrogens is 88.0 g/mol. The van der Waals surface area contributed by atoms with Gasteiger partial charge in [0.1, 0.15) is 0 Å². The van der Waals surface area contributed by atoms with E-state index in [0.29, 0.717) is 0 Å². The lowest BCUT2D eigenvalue weighted by Gasteiger charge is -1.97. The van der Waals surface area contributed by atoms with E-state index >= 15 is 0 Å². The van der Waals surface area contributed by atoms with E-state index in [9.17, 15) is 8.78 Å². The highest BCUT2D eigenvalue weighted by Gasteiger charge is 2.05. The summed E-state index contributed by atoms with van der Waals surface area (Å²) in [4.78, 5) is 0. The number of hydrogen-bond donors (Lipinski definition) is 1. The van der Waals surface area contributed by atoms with Crippen molar-refractivity contribution in [3.63, 3.8) is 0 Å². The summed E-state index contributed by atoms with van der Waals surface area (Å²) in [5.74, 6) is 0. The standard InChI is InChI=1S/C3H7F2N/c1-2(6)3(4)5/h2-3H,6H2,1H3/t2-/m0/s1. The molecule has 2 N–H and O–H groups in total. The third-order valence-corrected chi connectivity index (χ3v) is 0.397. The Hall–Kier alpha value is -0.180. The van der Waals surface area contributed by atoms with Crippen molar-refractivity contribution in [3.8, 4) is 0 Å². The molecule has 0 saturated heterocycles. The zero-order chi connectivity index (χ0) is 5.15. The Morgan fingerprint density at radius 1 is 1.50 bits per heavy atom. The number of halogens is 2. The molecule has 0 fully saturated rings. The summed E-state index contributed by atoms with van der Waals surface area (Å²) in [6, 6.07) is -0.981. The molecule has 1 atom stereocenters. The summed E-state index contributed by atoms with van der Waals surface area (Å²) in [6.07, 6.45) is -2.37. The van der Waals surface area contributed by atoms with Crippen molar-refractivity contribution in [2.45, 2.75) is 19.4 Å². The van der Waals surface area contributed by atoms with Gasteiger partial charge in [-0.25, -0.2) is 8.78 Å². The highest BCUT2D eigenvalue weighted by molar-refractivity contribution is 4.51. The fourth-order valence-corrected chi connectivity index (χ4v) is 0. The zero-order valence-corrected chi connectivity index (χ0v) is 3.49. The van der Waals surface area contributed by atoms with E-state index in [1.165, 1.54) is 6.92 Å². The Labute approximate surface area is 35.1 Å². The van der Waals surface area contributed by atoms with Gasteiger partial charge in [0.25, 0.3) is 6.43 Å². The summed E-state index contributed by atoms with van der Waals surface area (Å²) in [5.41, 5.74) is 4.69. The molecule has 0 radical (unpaired) electrons. The quantitative estimate of drug-likeness (QED) is 0.507. The first-order valence-corrected chi connectivity index (χ1v) is 1.68. The summed E-state index contributed by atoms with van der Waals surface area (Å²) in [6.45, 7) is 1.27. The molecule has 0 aromatic carbocycles. The fraction of sp³-hybridized carbons (Fsp3) is 1.00. The minimum absolute atomic E-state index is 0.981. The van der Waals surface area contributed by atoms with E-state index in [2.05, 4.69) is 5.73 Å². The highest BCUT2D eigenvalue weighted by atomic mass is 19.3. The maximum absolute atomic E-state index is 11.0. The molecule has 0 heterocycles. The van der Waals surface area contributed by atoms with Crippen LogP contribution in [-0.4, -0.2) is 12.5 Å². The minimum atomic E-state index is -2.37. The average Bonchev–Trinajstić information content (AvgIpc) is 1.36. The van der Waals surface area contributed by atoms with Crippen molar-refractivity contribution in [2.75, 3.05) is 0 Å². The van der Waals surface area contributed by atoms with Gasteiger partial charge in [0.2, 0.25) is 0 Å². The third kappa shape index (κ3) is 2.08. The van der Waals surface area contributed by atoms with Gasteiger partial charge in [-0.05, 0) is 6.92 Å². The normalized spacial score (nSPS) is 15.5. The fourth-order valence-electron chi connectivity index (χ4n) is 0. The van der Waals surface area contributed by atoms with Gasteiger partial charge < -0.3 is 5.73 Å². The molecule has 6 heavy (non-hydrogen) atoms. The lowest BCUT2D eigenvalue weighted by atomic mass is 10.4. The van der Waals surface area contributed by atoms with Crippen LogP contribution in [0.2, 0.25) is 0 Å². The topological polar surface area (TPSA) is 26.0 Å². The van der Waals surface area contributed by atoms with Crippen LogP contribution in [-0.2, 0) is 0 Å². The van der Waals surface area contributed by atoms with E-state index in [4.69, 9.17) is 0 Å². The second-order valence-corrected chi connectivity index (χ2v) is 1.19. The molecule has 1 nitrogen and oxygen atoms in total. The van der Waals surface area contributed by atoms with Gasteiger partial charge in [0.05, 0.1) is 6.04 Å². The highest BCUT2D eigenvalue weighted by Crippen LogP contribution is 1.93. The number of nitrogens with two attached hydrogens (primary N) is 1.